The molecule has 1 saturated carbocycles. The Morgan fingerprint density at radius 3 is 2.48 bits per heavy atom. The normalized spacial score (nSPS) is 17.4. The van der Waals surface area contributed by atoms with E-state index in [2.05, 4.69) is 34.9 Å². The van der Waals surface area contributed by atoms with E-state index < -0.39 is 0 Å². The van der Waals surface area contributed by atoms with Gasteiger partial charge in [-0.05, 0) is 56.0 Å². The van der Waals surface area contributed by atoms with Gasteiger partial charge in [0.05, 0.1) is 35.7 Å². The summed E-state index contributed by atoms with van der Waals surface area (Å²) in [6.45, 7) is 3.49. The fourth-order valence-electron chi connectivity index (χ4n) is 4.98. The van der Waals surface area contributed by atoms with Crippen LogP contribution in [0, 0.1) is 6.92 Å². The quantitative estimate of drug-likeness (QED) is 0.375. The maximum absolute atomic E-state index is 6.38. The van der Waals surface area contributed by atoms with Crippen LogP contribution in [0.25, 0.3) is 33.6 Å². The summed E-state index contributed by atoms with van der Waals surface area (Å²) in [5, 5.41) is 1.13. The molecule has 33 heavy (non-hydrogen) atoms. The van der Waals surface area contributed by atoms with E-state index in [-0.39, 0.29) is 6.10 Å². The largest absolute Gasteiger partial charge is 0.490 e. The summed E-state index contributed by atoms with van der Waals surface area (Å²) in [4.78, 5) is 4.72. The molecule has 170 valence electrons. The highest BCUT2D eigenvalue weighted by Crippen LogP contribution is 2.47. The van der Waals surface area contributed by atoms with Crippen molar-refractivity contribution in [3.63, 3.8) is 0 Å². The van der Waals surface area contributed by atoms with Gasteiger partial charge in [-0.15, -0.1) is 0 Å². The zero-order valence-corrected chi connectivity index (χ0v) is 18.9. The van der Waals surface area contributed by atoms with Gasteiger partial charge >= 0.3 is 0 Å². The van der Waals surface area contributed by atoms with Crippen molar-refractivity contribution in [3.8, 4) is 28.5 Å². The molecule has 2 fully saturated rings. The highest BCUT2D eigenvalue weighted by atomic mass is 16.5. The molecule has 0 radical (unpaired) electrons. The Kier molecular flexibility index (Phi) is 5.10. The van der Waals surface area contributed by atoms with Gasteiger partial charge in [0, 0.05) is 36.0 Å². The first-order valence-corrected chi connectivity index (χ1v) is 11.9. The summed E-state index contributed by atoms with van der Waals surface area (Å²) in [6, 6.07) is 15.0. The van der Waals surface area contributed by atoms with Gasteiger partial charge in [0.1, 0.15) is 18.1 Å². The van der Waals surface area contributed by atoms with Crippen LogP contribution in [0.5, 0.6) is 5.75 Å². The first-order chi connectivity index (χ1) is 16.2. The maximum Gasteiger partial charge on any atom is 0.228 e. The van der Waals surface area contributed by atoms with Crippen LogP contribution in [0.15, 0.2) is 53.1 Å². The first kappa shape index (κ1) is 20.4. The zero-order chi connectivity index (χ0) is 22.4. The molecule has 6 nitrogen and oxygen atoms in total. The molecule has 1 aliphatic carbocycles. The van der Waals surface area contributed by atoms with Crippen molar-refractivity contribution >= 4 is 16.6 Å². The third-order valence-electron chi connectivity index (χ3n) is 6.90. The SMILES string of the molecule is Cc1coc(-c2c(-c3ccc(N)cc3)n(C3CCC3)c3cc(OC4CCOCC4)ccc23)n1. The van der Waals surface area contributed by atoms with Crippen molar-refractivity contribution in [2.24, 2.45) is 0 Å². The Morgan fingerprint density at radius 1 is 1.03 bits per heavy atom. The van der Waals surface area contributed by atoms with E-state index in [0.717, 1.165) is 65.4 Å². The Hall–Kier alpha value is -3.25. The number of aryl methyl sites for hydroxylation is 1. The minimum atomic E-state index is 0.203. The third-order valence-corrected chi connectivity index (χ3v) is 6.90. The predicted molar refractivity (Wildman–Crippen MR) is 129 cm³/mol. The number of benzene rings is 2. The highest BCUT2D eigenvalue weighted by Gasteiger charge is 2.30. The number of nitrogen functional groups attached to an aromatic ring is 1. The number of aromatic nitrogens is 2. The van der Waals surface area contributed by atoms with E-state index in [1.54, 1.807) is 6.26 Å². The first-order valence-electron chi connectivity index (χ1n) is 11.9. The number of oxazole rings is 1. The lowest BCUT2D eigenvalue weighted by molar-refractivity contribution is 0.0256. The minimum absolute atomic E-state index is 0.203. The summed E-state index contributed by atoms with van der Waals surface area (Å²) in [5.41, 5.74) is 12.1. The lowest BCUT2D eigenvalue weighted by Gasteiger charge is -2.30. The van der Waals surface area contributed by atoms with Gasteiger partial charge in [-0.1, -0.05) is 12.1 Å². The van der Waals surface area contributed by atoms with Crippen LogP contribution in [0.4, 0.5) is 5.69 Å². The van der Waals surface area contributed by atoms with Crippen LogP contribution < -0.4 is 10.5 Å². The van der Waals surface area contributed by atoms with Gasteiger partial charge in [-0.3, -0.25) is 0 Å². The molecule has 0 atom stereocenters. The van der Waals surface area contributed by atoms with Crippen molar-refractivity contribution < 1.29 is 13.9 Å². The van der Waals surface area contributed by atoms with E-state index in [9.17, 15) is 0 Å². The van der Waals surface area contributed by atoms with Crippen molar-refractivity contribution in [2.45, 2.75) is 51.2 Å². The number of nitrogens with two attached hydrogens (primary N) is 1. The molecule has 0 spiro atoms. The van der Waals surface area contributed by atoms with Crippen molar-refractivity contribution in [3.05, 3.63) is 54.4 Å². The Balaban J connectivity index is 1.56. The van der Waals surface area contributed by atoms with E-state index in [1.165, 1.54) is 24.8 Å². The van der Waals surface area contributed by atoms with Crippen LogP contribution in [0.3, 0.4) is 0 Å². The summed E-state index contributed by atoms with van der Waals surface area (Å²) >= 11 is 0. The summed E-state index contributed by atoms with van der Waals surface area (Å²) in [6.07, 6.45) is 7.36. The minimum Gasteiger partial charge on any atom is -0.490 e. The van der Waals surface area contributed by atoms with Crippen LogP contribution in [-0.2, 0) is 4.74 Å². The maximum atomic E-state index is 6.38. The van der Waals surface area contributed by atoms with Crippen molar-refractivity contribution in [2.75, 3.05) is 18.9 Å². The molecule has 2 aliphatic rings. The second-order valence-corrected chi connectivity index (χ2v) is 9.20. The predicted octanol–water partition coefficient (Wildman–Crippen LogP) is 6.14. The number of hydrogen-bond donors (Lipinski definition) is 1. The molecule has 6 rings (SSSR count). The van der Waals surface area contributed by atoms with Gasteiger partial charge in [-0.2, -0.15) is 0 Å². The summed E-state index contributed by atoms with van der Waals surface area (Å²) in [7, 11) is 0. The average Bonchev–Trinajstić information content (AvgIpc) is 3.35. The second-order valence-electron chi connectivity index (χ2n) is 9.20. The molecule has 4 aromatic rings. The van der Waals surface area contributed by atoms with Crippen LogP contribution in [-0.4, -0.2) is 28.9 Å². The number of nitrogens with zero attached hydrogens (tertiary/aromatic N) is 2. The molecular weight excluding hydrogens is 414 g/mol. The third kappa shape index (κ3) is 3.68. The summed E-state index contributed by atoms with van der Waals surface area (Å²) < 4.78 is 20.3. The Morgan fingerprint density at radius 2 is 1.82 bits per heavy atom. The fourth-order valence-corrected chi connectivity index (χ4v) is 4.98. The standard InChI is InChI=1S/C27H29N3O3/c1-17-16-32-27(29-17)25-23-10-9-22(33-21-11-13-31-14-12-21)15-24(23)30(20-3-2-4-20)26(25)18-5-7-19(28)8-6-18/h5-10,15-16,20-21H,2-4,11-14,28H2,1H3. The van der Waals surface area contributed by atoms with Crippen molar-refractivity contribution in [1.82, 2.24) is 9.55 Å². The molecule has 1 aliphatic heterocycles. The Labute approximate surface area is 193 Å². The topological polar surface area (TPSA) is 75.4 Å². The lowest BCUT2D eigenvalue weighted by atomic mass is 9.92. The van der Waals surface area contributed by atoms with Gasteiger partial charge in [0.15, 0.2) is 0 Å². The molecule has 1 saturated heterocycles. The molecule has 6 heteroatoms. The molecule has 3 heterocycles. The van der Waals surface area contributed by atoms with E-state index in [4.69, 9.17) is 24.6 Å². The summed E-state index contributed by atoms with van der Waals surface area (Å²) in [5.74, 6) is 1.56. The smallest absolute Gasteiger partial charge is 0.228 e. The highest BCUT2D eigenvalue weighted by molar-refractivity contribution is 6.03. The molecule has 2 aromatic carbocycles. The fraction of sp³-hybridized carbons (Fsp3) is 0.370. The number of anilines is 1. The number of fused-ring (bicyclic) bond motifs is 1. The number of rotatable bonds is 5. The van der Waals surface area contributed by atoms with E-state index >= 15 is 0 Å². The zero-order valence-electron chi connectivity index (χ0n) is 18.9. The molecule has 0 amide bonds. The van der Waals surface area contributed by atoms with Gasteiger partial charge in [0.2, 0.25) is 5.89 Å². The van der Waals surface area contributed by atoms with Crippen molar-refractivity contribution in [1.29, 1.82) is 0 Å². The number of ether oxygens (including phenoxy) is 2. The van der Waals surface area contributed by atoms with Gasteiger partial charge in [-0.25, -0.2) is 4.98 Å². The Bertz CT molecular complexity index is 1280. The molecule has 0 bridgehead atoms. The van der Waals surface area contributed by atoms with E-state index in [1.807, 2.05) is 19.1 Å². The lowest BCUT2D eigenvalue weighted by Crippen LogP contribution is -2.25. The second kappa shape index (κ2) is 8.27. The molecule has 0 unspecified atom stereocenters. The number of hydrogen-bond acceptors (Lipinski definition) is 5. The van der Waals surface area contributed by atoms with Crippen LogP contribution >= 0.6 is 0 Å². The van der Waals surface area contributed by atoms with Gasteiger partial charge in [0.25, 0.3) is 0 Å². The molecular formula is C27H29N3O3. The molecule has 2 aromatic heterocycles. The van der Waals surface area contributed by atoms with Crippen LogP contribution in [0.2, 0.25) is 0 Å². The van der Waals surface area contributed by atoms with E-state index in [0.29, 0.717) is 11.9 Å². The average molecular weight is 444 g/mol. The monoisotopic (exact) mass is 443 g/mol. The van der Waals surface area contributed by atoms with Gasteiger partial charge < -0.3 is 24.2 Å². The van der Waals surface area contributed by atoms with Crippen LogP contribution in [0.1, 0.15) is 43.8 Å². The molecule has 2 N–H and O–H groups in total.